The molecule has 166 valence electrons. The zero-order chi connectivity index (χ0) is 22.8. The lowest BCUT2D eigenvalue weighted by Gasteiger charge is -2.36. The Labute approximate surface area is 188 Å². The first-order chi connectivity index (χ1) is 15.4. The van der Waals surface area contributed by atoms with E-state index in [4.69, 9.17) is 20.9 Å². The number of nitrogens with one attached hydrogen (secondary N) is 1. The maximum absolute atomic E-state index is 13.3. The Balaban J connectivity index is 1.74. The SMILES string of the molecule is COc1ccc(NC(=O)N2CCc3nc(C(N)=O)sc3C2c2cc(OC)ccc2N)cc1. The molecule has 2 heterocycles. The highest BCUT2D eigenvalue weighted by Crippen LogP contribution is 2.42. The number of nitrogens with two attached hydrogens (primary N) is 2. The van der Waals surface area contributed by atoms with Crippen molar-refractivity contribution in [2.45, 2.75) is 12.5 Å². The molecule has 3 amide bonds. The first kappa shape index (κ1) is 21.4. The Hall–Kier alpha value is -3.79. The highest BCUT2D eigenvalue weighted by Gasteiger charge is 2.36. The molecule has 9 nitrogen and oxygen atoms in total. The van der Waals surface area contributed by atoms with Gasteiger partial charge in [0.1, 0.15) is 11.5 Å². The predicted octanol–water partition coefficient (Wildman–Crippen LogP) is 3.02. The quantitative estimate of drug-likeness (QED) is 0.509. The molecule has 3 aromatic rings. The lowest BCUT2D eigenvalue weighted by Crippen LogP contribution is -2.42. The number of anilines is 2. The van der Waals surface area contributed by atoms with Crippen molar-refractivity contribution in [2.75, 3.05) is 31.8 Å². The van der Waals surface area contributed by atoms with Gasteiger partial charge in [-0.2, -0.15) is 0 Å². The molecule has 5 N–H and O–H groups in total. The van der Waals surface area contributed by atoms with Gasteiger partial charge in [0.25, 0.3) is 5.91 Å². The summed E-state index contributed by atoms with van der Waals surface area (Å²) in [6.45, 7) is 0.387. The minimum absolute atomic E-state index is 0.207. The van der Waals surface area contributed by atoms with Crippen molar-refractivity contribution >= 4 is 34.6 Å². The fraction of sp³-hybridized carbons (Fsp3) is 0.227. The molecule has 10 heteroatoms. The fourth-order valence-electron chi connectivity index (χ4n) is 3.67. The van der Waals surface area contributed by atoms with Crippen LogP contribution in [0.4, 0.5) is 16.2 Å². The Kier molecular flexibility index (Phi) is 5.87. The average molecular weight is 454 g/mol. The second-order valence-electron chi connectivity index (χ2n) is 7.19. The summed E-state index contributed by atoms with van der Waals surface area (Å²) in [7, 11) is 3.14. The monoisotopic (exact) mass is 453 g/mol. The predicted molar refractivity (Wildman–Crippen MR) is 122 cm³/mol. The number of fused-ring (bicyclic) bond motifs is 1. The molecule has 1 atom stereocenters. The van der Waals surface area contributed by atoms with E-state index in [0.29, 0.717) is 41.4 Å². The van der Waals surface area contributed by atoms with Gasteiger partial charge in [0, 0.05) is 29.9 Å². The Morgan fingerprint density at radius 2 is 1.81 bits per heavy atom. The molecule has 32 heavy (non-hydrogen) atoms. The number of aromatic nitrogens is 1. The summed E-state index contributed by atoms with van der Waals surface area (Å²) in [6, 6.07) is 11.5. The maximum atomic E-state index is 13.3. The molecular formula is C22H23N5O4S. The van der Waals surface area contributed by atoms with Crippen molar-refractivity contribution in [3.05, 3.63) is 63.6 Å². The number of methoxy groups -OCH3 is 2. The number of hydrogen-bond acceptors (Lipinski definition) is 7. The number of primary amides is 1. The van der Waals surface area contributed by atoms with E-state index in [2.05, 4.69) is 10.3 Å². The summed E-state index contributed by atoms with van der Waals surface area (Å²) in [4.78, 5) is 31.9. The molecule has 1 aliphatic rings. The third-order valence-electron chi connectivity index (χ3n) is 5.28. The van der Waals surface area contributed by atoms with E-state index in [0.717, 1.165) is 10.6 Å². The summed E-state index contributed by atoms with van der Waals surface area (Å²) in [5.74, 6) is 0.698. The molecule has 0 spiro atoms. The summed E-state index contributed by atoms with van der Waals surface area (Å²) in [5, 5.41) is 3.13. The van der Waals surface area contributed by atoms with Crippen LogP contribution in [0.2, 0.25) is 0 Å². The van der Waals surface area contributed by atoms with Crippen molar-refractivity contribution < 1.29 is 19.1 Å². The Morgan fingerprint density at radius 3 is 2.47 bits per heavy atom. The van der Waals surface area contributed by atoms with E-state index in [1.807, 2.05) is 0 Å². The number of nitrogens with zero attached hydrogens (tertiary/aromatic N) is 2. The number of nitrogen functional groups attached to an aromatic ring is 1. The van der Waals surface area contributed by atoms with Gasteiger partial charge in [-0.3, -0.25) is 4.79 Å². The van der Waals surface area contributed by atoms with Crippen LogP contribution in [0, 0.1) is 0 Å². The third-order valence-corrected chi connectivity index (χ3v) is 6.44. The van der Waals surface area contributed by atoms with Gasteiger partial charge >= 0.3 is 6.03 Å². The number of carbonyl (C=O) groups is 2. The van der Waals surface area contributed by atoms with Gasteiger partial charge in [0.2, 0.25) is 0 Å². The molecule has 0 fully saturated rings. The number of urea groups is 1. The van der Waals surface area contributed by atoms with Crippen LogP contribution in [-0.2, 0) is 6.42 Å². The molecule has 0 aliphatic carbocycles. The van der Waals surface area contributed by atoms with Gasteiger partial charge in [-0.25, -0.2) is 9.78 Å². The second kappa shape index (κ2) is 8.75. The van der Waals surface area contributed by atoms with E-state index in [-0.39, 0.29) is 11.0 Å². The van der Waals surface area contributed by atoms with Crippen LogP contribution in [-0.4, -0.2) is 42.6 Å². The number of hydrogen-bond donors (Lipinski definition) is 3. The second-order valence-corrected chi connectivity index (χ2v) is 8.22. The van der Waals surface area contributed by atoms with E-state index >= 15 is 0 Å². The topological polar surface area (TPSA) is 133 Å². The Bertz CT molecular complexity index is 1160. The van der Waals surface area contributed by atoms with E-state index in [1.165, 1.54) is 11.3 Å². The van der Waals surface area contributed by atoms with Crippen LogP contribution in [0.15, 0.2) is 42.5 Å². The molecule has 4 rings (SSSR count). The number of carbonyl (C=O) groups excluding carboxylic acids is 2. The van der Waals surface area contributed by atoms with Crippen molar-refractivity contribution in [2.24, 2.45) is 5.73 Å². The molecule has 2 aromatic carbocycles. The summed E-state index contributed by atoms with van der Waals surface area (Å²) in [6.07, 6.45) is 0.496. The van der Waals surface area contributed by atoms with Crippen molar-refractivity contribution in [1.29, 1.82) is 0 Å². The smallest absolute Gasteiger partial charge is 0.322 e. The number of rotatable bonds is 5. The summed E-state index contributed by atoms with van der Waals surface area (Å²) in [5.41, 5.74) is 14.3. The molecule has 0 bridgehead atoms. The fourth-order valence-corrected chi connectivity index (χ4v) is 4.77. The van der Waals surface area contributed by atoms with Crippen molar-refractivity contribution in [1.82, 2.24) is 9.88 Å². The van der Waals surface area contributed by atoms with Crippen molar-refractivity contribution in [3.8, 4) is 11.5 Å². The van der Waals surface area contributed by atoms with Gasteiger partial charge in [-0.05, 0) is 42.5 Å². The van der Waals surface area contributed by atoms with Crippen LogP contribution in [0.25, 0.3) is 0 Å². The van der Waals surface area contributed by atoms with E-state index in [9.17, 15) is 9.59 Å². The van der Waals surface area contributed by atoms with Gasteiger partial charge in [-0.1, -0.05) is 0 Å². The average Bonchev–Trinajstić information content (AvgIpc) is 3.24. The highest BCUT2D eigenvalue weighted by molar-refractivity contribution is 7.13. The summed E-state index contributed by atoms with van der Waals surface area (Å²) < 4.78 is 10.5. The van der Waals surface area contributed by atoms with Crippen LogP contribution >= 0.6 is 11.3 Å². The van der Waals surface area contributed by atoms with Crippen LogP contribution < -0.4 is 26.3 Å². The highest BCUT2D eigenvalue weighted by atomic mass is 32.1. The van der Waals surface area contributed by atoms with Crippen LogP contribution in [0.3, 0.4) is 0 Å². The largest absolute Gasteiger partial charge is 0.497 e. The summed E-state index contributed by atoms with van der Waals surface area (Å²) >= 11 is 1.18. The number of thiazole rings is 1. The minimum atomic E-state index is -0.601. The Morgan fingerprint density at radius 1 is 1.12 bits per heavy atom. The third kappa shape index (κ3) is 4.04. The zero-order valence-corrected chi connectivity index (χ0v) is 18.4. The number of amides is 3. The van der Waals surface area contributed by atoms with E-state index in [1.54, 1.807) is 61.6 Å². The molecule has 0 saturated heterocycles. The molecular weight excluding hydrogens is 430 g/mol. The maximum Gasteiger partial charge on any atom is 0.322 e. The van der Waals surface area contributed by atoms with Crippen LogP contribution in [0.1, 0.15) is 32.0 Å². The molecule has 0 radical (unpaired) electrons. The minimum Gasteiger partial charge on any atom is -0.497 e. The number of ether oxygens (including phenoxy) is 2. The lowest BCUT2D eigenvalue weighted by molar-refractivity contribution is 0.0999. The van der Waals surface area contributed by atoms with Crippen molar-refractivity contribution in [3.63, 3.8) is 0 Å². The van der Waals surface area contributed by atoms with Gasteiger partial charge in [0.05, 0.1) is 30.8 Å². The zero-order valence-electron chi connectivity index (χ0n) is 17.6. The van der Waals surface area contributed by atoms with Gasteiger partial charge in [-0.15, -0.1) is 11.3 Å². The van der Waals surface area contributed by atoms with E-state index < -0.39 is 11.9 Å². The first-order valence-electron chi connectivity index (χ1n) is 9.85. The molecule has 1 aromatic heterocycles. The lowest BCUT2D eigenvalue weighted by atomic mass is 9.96. The standard InChI is InChI=1S/C22H23N5O4S/c1-30-13-5-3-12(4-6-13)25-22(29)27-10-9-17-19(32-21(26-17)20(24)28)18(27)15-11-14(31-2)7-8-16(15)23/h3-8,11,18H,9-10,23H2,1-2H3,(H2,24,28)(H,25,29). The normalized spacial score (nSPS) is 15.1. The molecule has 1 unspecified atom stereocenters. The number of benzene rings is 2. The van der Waals surface area contributed by atoms with Gasteiger partial charge in [0.15, 0.2) is 5.01 Å². The molecule has 0 saturated carbocycles. The first-order valence-corrected chi connectivity index (χ1v) is 10.7. The van der Waals surface area contributed by atoms with Gasteiger partial charge < -0.3 is 31.2 Å². The van der Waals surface area contributed by atoms with Crippen LogP contribution in [0.5, 0.6) is 11.5 Å². The molecule has 1 aliphatic heterocycles.